The van der Waals surface area contributed by atoms with E-state index < -0.39 is 0 Å². The van der Waals surface area contributed by atoms with E-state index in [9.17, 15) is 4.79 Å². The van der Waals surface area contributed by atoms with Gasteiger partial charge in [-0.05, 0) is 46.7 Å². The third kappa shape index (κ3) is 4.15. The lowest BCUT2D eigenvalue weighted by molar-refractivity contribution is -0.118. The number of fused-ring (bicyclic) bond motifs is 2. The number of benzene rings is 3. The van der Waals surface area contributed by atoms with Crippen molar-refractivity contribution in [2.24, 2.45) is 0 Å². The van der Waals surface area contributed by atoms with Crippen molar-refractivity contribution in [1.29, 1.82) is 0 Å². The number of hydrogen-bond acceptors (Lipinski definition) is 4. The first-order valence-corrected chi connectivity index (χ1v) is 11.1. The monoisotopic (exact) mass is 443 g/mol. The van der Waals surface area contributed by atoms with Crippen molar-refractivity contribution in [2.75, 3.05) is 4.90 Å². The van der Waals surface area contributed by atoms with Gasteiger partial charge in [-0.1, -0.05) is 71.5 Å². The molecule has 31 heavy (non-hydrogen) atoms. The summed E-state index contributed by atoms with van der Waals surface area (Å²) < 4.78 is 0.950. The van der Waals surface area contributed by atoms with E-state index in [0.717, 1.165) is 32.2 Å². The second-order valence-electron chi connectivity index (χ2n) is 7.22. The summed E-state index contributed by atoms with van der Waals surface area (Å²) in [4.78, 5) is 24.4. The predicted molar refractivity (Wildman–Crippen MR) is 128 cm³/mol. The van der Waals surface area contributed by atoms with Gasteiger partial charge >= 0.3 is 0 Å². The third-order valence-electron chi connectivity index (χ3n) is 5.14. The smallest absolute Gasteiger partial charge is 0.233 e. The molecule has 0 saturated carbocycles. The molecule has 2 heterocycles. The Hall–Kier alpha value is -3.28. The molecule has 152 valence electrons. The number of anilines is 1. The van der Waals surface area contributed by atoms with E-state index >= 15 is 0 Å². The quantitative estimate of drug-likeness (QED) is 0.321. The number of pyridine rings is 1. The second-order valence-corrected chi connectivity index (χ2v) is 8.67. The van der Waals surface area contributed by atoms with Gasteiger partial charge in [-0.2, -0.15) is 0 Å². The average Bonchev–Trinajstić information content (AvgIpc) is 3.21. The number of hydrogen-bond donors (Lipinski definition) is 0. The highest BCUT2D eigenvalue weighted by Gasteiger charge is 2.22. The van der Waals surface area contributed by atoms with Crippen LogP contribution in [0.1, 0.15) is 11.3 Å². The maximum atomic E-state index is 13.5. The van der Waals surface area contributed by atoms with E-state index in [1.807, 2.05) is 60.7 Å². The summed E-state index contributed by atoms with van der Waals surface area (Å²) in [6, 6.07) is 25.5. The van der Waals surface area contributed by atoms with E-state index in [1.54, 1.807) is 11.1 Å². The summed E-state index contributed by atoms with van der Waals surface area (Å²) >= 11 is 7.61. The third-order valence-corrected chi connectivity index (χ3v) is 6.42. The molecule has 5 aromatic rings. The summed E-state index contributed by atoms with van der Waals surface area (Å²) in [6.45, 7) is 0.359. The minimum atomic E-state index is -0.0211. The highest BCUT2D eigenvalue weighted by Crippen LogP contribution is 2.32. The van der Waals surface area contributed by atoms with Gasteiger partial charge in [-0.15, -0.1) is 0 Å². The first kappa shape index (κ1) is 19.7. The Morgan fingerprint density at radius 1 is 0.968 bits per heavy atom. The maximum absolute atomic E-state index is 13.5. The van der Waals surface area contributed by atoms with Crippen LogP contribution in [0.25, 0.3) is 21.0 Å². The van der Waals surface area contributed by atoms with Crippen molar-refractivity contribution in [3.8, 4) is 0 Å². The lowest BCUT2D eigenvalue weighted by Crippen LogP contribution is -2.32. The first-order valence-electron chi connectivity index (χ1n) is 9.90. The fraction of sp³-hybridized carbons (Fsp3) is 0.0800. The van der Waals surface area contributed by atoms with E-state index in [0.29, 0.717) is 16.7 Å². The maximum Gasteiger partial charge on any atom is 0.233 e. The zero-order chi connectivity index (χ0) is 21.2. The Kier molecular flexibility index (Phi) is 5.37. The number of thiazole rings is 1. The van der Waals surface area contributed by atoms with Crippen LogP contribution >= 0.6 is 22.9 Å². The summed E-state index contributed by atoms with van der Waals surface area (Å²) in [5.41, 5.74) is 2.64. The van der Waals surface area contributed by atoms with Gasteiger partial charge in [-0.25, -0.2) is 4.98 Å². The number of rotatable bonds is 5. The molecule has 0 bridgehead atoms. The van der Waals surface area contributed by atoms with Crippen molar-refractivity contribution >= 4 is 55.0 Å². The molecule has 0 radical (unpaired) electrons. The van der Waals surface area contributed by atoms with Gasteiger partial charge in [0, 0.05) is 11.2 Å². The van der Waals surface area contributed by atoms with Gasteiger partial charge in [-0.3, -0.25) is 14.7 Å². The molecule has 3 aromatic carbocycles. The second kappa shape index (κ2) is 8.46. The van der Waals surface area contributed by atoms with Gasteiger partial charge in [0.2, 0.25) is 5.91 Å². The van der Waals surface area contributed by atoms with Crippen LogP contribution in [0.3, 0.4) is 0 Å². The summed E-state index contributed by atoms with van der Waals surface area (Å²) in [5.74, 6) is -0.0211. The zero-order valence-corrected chi connectivity index (χ0v) is 18.1. The van der Waals surface area contributed by atoms with Crippen LogP contribution in [-0.2, 0) is 17.8 Å². The number of nitrogens with zero attached hydrogens (tertiary/aromatic N) is 3. The molecule has 0 unspecified atom stereocenters. The highest BCUT2D eigenvalue weighted by atomic mass is 35.5. The SMILES string of the molecule is O=C(Cc1cccc2ccccc12)N(Cc1ccccn1)c1nc2ccc(Cl)cc2s1. The Morgan fingerprint density at radius 2 is 1.81 bits per heavy atom. The van der Waals surface area contributed by atoms with Crippen LogP contribution in [0.4, 0.5) is 5.13 Å². The number of halogens is 1. The van der Waals surface area contributed by atoms with Gasteiger partial charge < -0.3 is 0 Å². The van der Waals surface area contributed by atoms with Crippen LogP contribution in [0, 0.1) is 0 Å². The Morgan fingerprint density at radius 3 is 2.68 bits per heavy atom. The highest BCUT2D eigenvalue weighted by molar-refractivity contribution is 7.22. The number of amides is 1. The summed E-state index contributed by atoms with van der Waals surface area (Å²) in [6.07, 6.45) is 2.02. The van der Waals surface area contributed by atoms with E-state index in [4.69, 9.17) is 16.6 Å². The predicted octanol–water partition coefficient (Wildman–Crippen LogP) is 6.27. The summed E-state index contributed by atoms with van der Waals surface area (Å²) in [5, 5.41) is 3.51. The molecule has 0 saturated heterocycles. The van der Waals surface area contributed by atoms with Crippen molar-refractivity contribution < 1.29 is 4.79 Å². The Balaban J connectivity index is 1.53. The molecule has 0 aliphatic heterocycles. The minimum absolute atomic E-state index is 0.0211. The normalized spacial score (nSPS) is 11.1. The van der Waals surface area contributed by atoms with Crippen molar-refractivity contribution in [3.63, 3.8) is 0 Å². The van der Waals surface area contributed by atoms with Gasteiger partial charge in [0.05, 0.1) is 28.9 Å². The van der Waals surface area contributed by atoms with Crippen LogP contribution in [-0.4, -0.2) is 15.9 Å². The molecular formula is C25H18ClN3OS. The molecule has 2 aromatic heterocycles. The molecule has 0 spiro atoms. The van der Waals surface area contributed by atoms with Gasteiger partial charge in [0.1, 0.15) is 0 Å². The van der Waals surface area contributed by atoms with Gasteiger partial charge in [0.15, 0.2) is 5.13 Å². The first-order chi connectivity index (χ1) is 15.2. The van der Waals surface area contributed by atoms with E-state index in [-0.39, 0.29) is 12.3 Å². The molecule has 5 rings (SSSR count). The van der Waals surface area contributed by atoms with Crippen molar-refractivity contribution in [3.05, 3.63) is 101 Å². The molecule has 0 aliphatic carbocycles. The van der Waals surface area contributed by atoms with Crippen molar-refractivity contribution in [1.82, 2.24) is 9.97 Å². The van der Waals surface area contributed by atoms with Crippen LogP contribution in [0.2, 0.25) is 5.02 Å². The Bertz CT molecular complexity index is 1380. The molecule has 0 N–H and O–H groups in total. The summed E-state index contributed by atoms with van der Waals surface area (Å²) in [7, 11) is 0. The fourth-order valence-corrected chi connectivity index (χ4v) is 4.88. The molecular weight excluding hydrogens is 426 g/mol. The number of carbonyl (C=O) groups excluding carboxylic acids is 1. The lowest BCUT2D eigenvalue weighted by atomic mass is 10.0. The minimum Gasteiger partial charge on any atom is -0.282 e. The van der Waals surface area contributed by atoms with Crippen molar-refractivity contribution in [2.45, 2.75) is 13.0 Å². The molecule has 6 heteroatoms. The van der Waals surface area contributed by atoms with E-state index in [1.165, 1.54) is 11.3 Å². The van der Waals surface area contributed by atoms with Crippen LogP contribution in [0.15, 0.2) is 85.1 Å². The zero-order valence-electron chi connectivity index (χ0n) is 16.5. The van der Waals surface area contributed by atoms with Crippen LogP contribution in [0.5, 0.6) is 0 Å². The fourth-order valence-electron chi connectivity index (χ4n) is 3.62. The average molecular weight is 444 g/mol. The lowest BCUT2D eigenvalue weighted by Gasteiger charge is -2.20. The molecule has 1 amide bonds. The number of carbonyl (C=O) groups is 1. The molecule has 0 aliphatic rings. The van der Waals surface area contributed by atoms with Crippen LogP contribution < -0.4 is 4.90 Å². The number of aromatic nitrogens is 2. The Labute approximate surface area is 188 Å². The molecule has 4 nitrogen and oxygen atoms in total. The van der Waals surface area contributed by atoms with E-state index in [2.05, 4.69) is 23.2 Å². The molecule has 0 fully saturated rings. The van der Waals surface area contributed by atoms with Gasteiger partial charge in [0.25, 0.3) is 0 Å². The standard InChI is InChI=1S/C25H18ClN3OS/c26-19-11-12-22-23(15-19)31-25(28-22)29(16-20-9-3-4-13-27-20)24(30)14-18-8-5-7-17-6-1-2-10-21(17)18/h1-13,15H,14,16H2. The topological polar surface area (TPSA) is 46.1 Å². The largest absolute Gasteiger partial charge is 0.282 e. The molecule has 0 atom stereocenters.